The van der Waals surface area contributed by atoms with Crippen molar-refractivity contribution in [3.05, 3.63) is 134 Å². The van der Waals surface area contributed by atoms with Crippen molar-refractivity contribution in [2.24, 2.45) is 0 Å². The number of allylic oxidation sites excluding steroid dienone is 22. The molecule has 81 heavy (non-hydrogen) atoms. The summed E-state index contributed by atoms with van der Waals surface area (Å²) in [4.78, 5) is 38.4. The Morgan fingerprint density at radius 3 is 0.753 bits per heavy atom. The number of esters is 3. The van der Waals surface area contributed by atoms with Crippen molar-refractivity contribution in [1.82, 2.24) is 0 Å². The van der Waals surface area contributed by atoms with E-state index in [1.54, 1.807) is 0 Å². The van der Waals surface area contributed by atoms with Gasteiger partial charge in [0.2, 0.25) is 0 Å². The fraction of sp³-hybridized carbons (Fsp3) is 0.667. The van der Waals surface area contributed by atoms with Crippen LogP contribution in [0.25, 0.3) is 0 Å². The van der Waals surface area contributed by atoms with Crippen molar-refractivity contribution in [2.45, 2.75) is 309 Å². The second-order valence-electron chi connectivity index (χ2n) is 22.0. The van der Waals surface area contributed by atoms with Gasteiger partial charge in [0.15, 0.2) is 6.10 Å². The fourth-order valence-corrected chi connectivity index (χ4v) is 9.14. The molecule has 0 aliphatic carbocycles. The third-order valence-electron chi connectivity index (χ3n) is 14.1. The first kappa shape index (κ1) is 76.5. The van der Waals surface area contributed by atoms with Crippen molar-refractivity contribution in [3.63, 3.8) is 0 Å². The number of hydrogen-bond acceptors (Lipinski definition) is 6. The van der Waals surface area contributed by atoms with E-state index in [4.69, 9.17) is 14.2 Å². The molecule has 6 heteroatoms. The van der Waals surface area contributed by atoms with E-state index >= 15 is 0 Å². The number of unbranched alkanes of at least 4 members (excludes halogenated alkanes) is 27. The molecule has 0 aromatic heterocycles. The molecule has 0 saturated carbocycles. The van der Waals surface area contributed by atoms with Crippen LogP contribution >= 0.6 is 0 Å². The maximum atomic E-state index is 13.0. The summed E-state index contributed by atoms with van der Waals surface area (Å²) in [6, 6.07) is 0. The monoisotopic (exact) mass is 1120 g/mol. The highest BCUT2D eigenvalue weighted by atomic mass is 16.6. The Morgan fingerprint density at radius 2 is 0.481 bits per heavy atom. The molecule has 1 atom stereocenters. The van der Waals surface area contributed by atoms with E-state index in [0.717, 1.165) is 141 Å². The Hall–Kier alpha value is -4.45. The van der Waals surface area contributed by atoms with E-state index in [1.165, 1.54) is 122 Å². The molecule has 0 aliphatic heterocycles. The summed E-state index contributed by atoms with van der Waals surface area (Å²) in [5.74, 6) is -0.915. The Labute approximate surface area is 500 Å². The third-order valence-corrected chi connectivity index (χ3v) is 14.1. The minimum absolute atomic E-state index is 0.0932. The third kappa shape index (κ3) is 66.2. The highest BCUT2D eigenvalue weighted by Crippen LogP contribution is 2.15. The SMILES string of the molecule is CC/C=C\C/C=C\C/C=C\C/C=C\C/C=C\CCCCCCCCCC(=O)OCC(COC(=O)CCCCCCCCC/C=C\C/C=C\C/C=C\CC)OC(=O)CCCCCCCCCC/C=C\C/C=C\C/C=C\CCCCCCC. The number of carbonyl (C=O) groups is 3. The molecule has 0 N–H and O–H groups in total. The molecule has 0 radical (unpaired) electrons. The normalized spacial score (nSPS) is 13.0. The standard InChI is InChI=1S/C75H124O6/c1-4-7-10-13-16-19-22-25-28-31-33-35-37-39-41-44-47-50-53-56-59-62-65-68-74(77)80-71-72(70-79-73(76)67-64-61-58-55-52-49-46-43-30-27-24-21-18-15-12-9-6-3)81-75(78)69-66-63-60-57-54-51-48-45-42-40-38-36-34-32-29-26-23-20-17-14-11-8-5-2/h7,9-10,12,16,18-19,21,23,25-28,30,32-35,38-41,72H,4-6,8,11,13-15,17,20,22,24,29,31,36-37,42-71H2,1-3H3/b10-7-,12-9-,19-16-,21-18-,26-23-,28-25-,30-27-,34-32-,35-33-,40-38-,41-39-. The Kier molecular flexibility index (Phi) is 64.3. The van der Waals surface area contributed by atoms with Crippen LogP contribution in [0.2, 0.25) is 0 Å². The van der Waals surface area contributed by atoms with Crippen molar-refractivity contribution in [1.29, 1.82) is 0 Å². The Balaban J connectivity index is 4.44. The van der Waals surface area contributed by atoms with Gasteiger partial charge >= 0.3 is 17.9 Å². The van der Waals surface area contributed by atoms with Gasteiger partial charge < -0.3 is 14.2 Å². The van der Waals surface area contributed by atoms with E-state index in [-0.39, 0.29) is 31.1 Å². The summed E-state index contributed by atoms with van der Waals surface area (Å²) in [6.07, 6.45) is 95.9. The molecule has 0 amide bonds. The van der Waals surface area contributed by atoms with E-state index in [9.17, 15) is 14.4 Å². The van der Waals surface area contributed by atoms with Gasteiger partial charge in [0.1, 0.15) is 13.2 Å². The van der Waals surface area contributed by atoms with Gasteiger partial charge in [0, 0.05) is 19.3 Å². The van der Waals surface area contributed by atoms with Crippen LogP contribution in [0, 0.1) is 0 Å². The van der Waals surface area contributed by atoms with Gasteiger partial charge in [0.05, 0.1) is 0 Å². The van der Waals surface area contributed by atoms with Crippen molar-refractivity contribution in [3.8, 4) is 0 Å². The molecule has 0 spiro atoms. The lowest BCUT2D eigenvalue weighted by Crippen LogP contribution is -2.30. The largest absolute Gasteiger partial charge is 0.462 e. The Bertz CT molecular complexity index is 1720. The molecular formula is C75H124O6. The molecule has 0 heterocycles. The van der Waals surface area contributed by atoms with E-state index < -0.39 is 6.10 Å². The van der Waals surface area contributed by atoms with Gasteiger partial charge in [-0.05, 0) is 135 Å². The maximum Gasteiger partial charge on any atom is 0.306 e. The Morgan fingerprint density at radius 1 is 0.259 bits per heavy atom. The lowest BCUT2D eigenvalue weighted by Gasteiger charge is -2.18. The highest BCUT2D eigenvalue weighted by Gasteiger charge is 2.19. The van der Waals surface area contributed by atoms with Gasteiger partial charge in [-0.2, -0.15) is 0 Å². The van der Waals surface area contributed by atoms with E-state index in [0.29, 0.717) is 19.3 Å². The van der Waals surface area contributed by atoms with E-state index in [2.05, 4.69) is 154 Å². The second kappa shape index (κ2) is 68.1. The first-order valence-corrected chi connectivity index (χ1v) is 33.7. The van der Waals surface area contributed by atoms with Crippen LogP contribution in [-0.4, -0.2) is 37.2 Å². The molecule has 0 bridgehead atoms. The molecular weight excluding hydrogens is 997 g/mol. The lowest BCUT2D eigenvalue weighted by atomic mass is 10.1. The zero-order valence-corrected chi connectivity index (χ0v) is 52.8. The molecule has 6 nitrogen and oxygen atoms in total. The molecule has 1 unspecified atom stereocenters. The van der Waals surface area contributed by atoms with Crippen LogP contribution in [0.15, 0.2) is 134 Å². The van der Waals surface area contributed by atoms with Crippen molar-refractivity contribution in [2.75, 3.05) is 13.2 Å². The summed E-state index contributed by atoms with van der Waals surface area (Å²) in [5.41, 5.74) is 0. The van der Waals surface area contributed by atoms with Gasteiger partial charge in [-0.3, -0.25) is 14.4 Å². The van der Waals surface area contributed by atoms with E-state index in [1.807, 2.05) is 0 Å². The van der Waals surface area contributed by atoms with Gasteiger partial charge in [-0.1, -0.05) is 283 Å². The maximum absolute atomic E-state index is 13.0. The first-order chi connectivity index (χ1) is 40.0. The zero-order valence-electron chi connectivity index (χ0n) is 52.8. The number of carbonyl (C=O) groups excluding carboxylic acids is 3. The van der Waals surface area contributed by atoms with Crippen LogP contribution in [0.1, 0.15) is 303 Å². The fourth-order valence-electron chi connectivity index (χ4n) is 9.14. The van der Waals surface area contributed by atoms with Crippen molar-refractivity contribution < 1.29 is 28.6 Å². The van der Waals surface area contributed by atoms with Crippen LogP contribution in [0.5, 0.6) is 0 Å². The smallest absolute Gasteiger partial charge is 0.306 e. The average Bonchev–Trinajstić information content (AvgIpc) is 3.47. The van der Waals surface area contributed by atoms with Gasteiger partial charge in [-0.25, -0.2) is 0 Å². The summed E-state index contributed by atoms with van der Waals surface area (Å²) in [6.45, 7) is 6.40. The zero-order chi connectivity index (χ0) is 58.5. The summed E-state index contributed by atoms with van der Waals surface area (Å²) >= 11 is 0. The molecule has 0 saturated heterocycles. The van der Waals surface area contributed by atoms with Crippen molar-refractivity contribution >= 4 is 17.9 Å². The minimum atomic E-state index is -0.799. The first-order valence-electron chi connectivity index (χ1n) is 33.7. The highest BCUT2D eigenvalue weighted by molar-refractivity contribution is 5.71. The van der Waals surface area contributed by atoms with Crippen LogP contribution in [0.4, 0.5) is 0 Å². The van der Waals surface area contributed by atoms with Crippen LogP contribution in [-0.2, 0) is 28.6 Å². The summed E-state index contributed by atoms with van der Waals surface area (Å²) in [5, 5.41) is 0. The summed E-state index contributed by atoms with van der Waals surface area (Å²) in [7, 11) is 0. The summed E-state index contributed by atoms with van der Waals surface area (Å²) < 4.78 is 17.0. The number of rotatable bonds is 60. The predicted molar refractivity (Wildman–Crippen MR) is 353 cm³/mol. The molecule has 0 fully saturated rings. The predicted octanol–water partition coefficient (Wildman–Crippen LogP) is 23.3. The topological polar surface area (TPSA) is 78.9 Å². The lowest BCUT2D eigenvalue weighted by molar-refractivity contribution is -0.167. The molecule has 0 aromatic carbocycles. The quantitative estimate of drug-likeness (QED) is 0.0261. The second-order valence-corrected chi connectivity index (χ2v) is 22.0. The average molecular weight is 1120 g/mol. The number of ether oxygens (including phenoxy) is 3. The molecule has 0 aliphatic rings. The van der Waals surface area contributed by atoms with Gasteiger partial charge in [0.25, 0.3) is 0 Å². The molecule has 460 valence electrons. The van der Waals surface area contributed by atoms with Crippen LogP contribution < -0.4 is 0 Å². The minimum Gasteiger partial charge on any atom is -0.462 e. The molecule has 0 aromatic rings. The van der Waals surface area contributed by atoms with Crippen LogP contribution in [0.3, 0.4) is 0 Å². The van der Waals surface area contributed by atoms with Gasteiger partial charge in [-0.15, -0.1) is 0 Å². The number of hydrogen-bond donors (Lipinski definition) is 0. The molecule has 0 rings (SSSR count).